The third-order valence-electron chi connectivity index (χ3n) is 1.87. The van der Waals surface area contributed by atoms with E-state index in [4.69, 9.17) is 0 Å². The average molecular weight is 192 g/mol. The molecule has 0 bridgehead atoms. The molecular weight excluding hydrogens is 172 g/mol. The van der Waals surface area contributed by atoms with Gasteiger partial charge in [0.15, 0.2) is 0 Å². The molecule has 0 fully saturated rings. The Morgan fingerprint density at radius 3 is 1.73 bits per heavy atom. The fourth-order valence-electron chi connectivity index (χ4n) is 1.34. The van der Waals surface area contributed by atoms with Crippen molar-refractivity contribution in [1.29, 1.82) is 0 Å². The van der Waals surface area contributed by atoms with Gasteiger partial charge in [0.05, 0.1) is 0 Å². The Morgan fingerprint density at radius 1 is 1.18 bits per heavy atom. The van der Waals surface area contributed by atoms with E-state index in [1.807, 2.05) is 0 Å². The molecule has 0 saturated carbocycles. The predicted molar refractivity (Wildman–Crippen MR) is 59.3 cm³/mol. The molecule has 1 unspecified atom stereocenters. The highest BCUT2D eigenvalue weighted by atomic mass is 33.1. The van der Waals surface area contributed by atoms with Crippen molar-refractivity contribution in [3.8, 4) is 0 Å². The van der Waals surface area contributed by atoms with Gasteiger partial charge in [-0.2, -0.15) is 0 Å². The number of hydrogen-bond donors (Lipinski definition) is 1. The smallest absolute Gasteiger partial charge is 0.0235 e. The molecule has 0 aliphatic rings. The van der Waals surface area contributed by atoms with Gasteiger partial charge in [-0.05, 0) is 25.2 Å². The van der Waals surface area contributed by atoms with Gasteiger partial charge in [-0.25, -0.2) is 0 Å². The fraction of sp³-hybridized carbons (Fsp3) is 1.00. The number of thiol groups is 1. The van der Waals surface area contributed by atoms with Crippen LogP contribution in [0.15, 0.2) is 0 Å². The monoisotopic (exact) mass is 192 g/mol. The Bertz CT molecular complexity index is 109. The quantitative estimate of drug-likeness (QED) is 0.517. The highest BCUT2D eigenvalue weighted by Crippen LogP contribution is 2.40. The van der Waals surface area contributed by atoms with Crippen LogP contribution in [0.5, 0.6) is 0 Å². The molecule has 0 nitrogen and oxygen atoms in total. The van der Waals surface area contributed by atoms with Crippen LogP contribution >= 0.6 is 22.5 Å². The summed E-state index contributed by atoms with van der Waals surface area (Å²) in [6, 6.07) is 0. The van der Waals surface area contributed by atoms with Gasteiger partial charge in [0.25, 0.3) is 0 Å². The zero-order chi connectivity index (χ0) is 9.12. The van der Waals surface area contributed by atoms with E-state index in [1.165, 1.54) is 12.8 Å². The van der Waals surface area contributed by atoms with Crippen molar-refractivity contribution in [3.05, 3.63) is 0 Å². The molecule has 0 spiro atoms. The van der Waals surface area contributed by atoms with Gasteiger partial charge in [-0.3, -0.25) is 0 Å². The SMILES string of the molecule is CCC(C)(CC(C)(C)C)SS. The van der Waals surface area contributed by atoms with E-state index in [9.17, 15) is 0 Å². The zero-order valence-corrected chi connectivity index (χ0v) is 9.98. The summed E-state index contributed by atoms with van der Waals surface area (Å²) in [7, 11) is 1.69. The molecule has 0 heterocycles. The van der Waals surface area contributed by atoms with Crippen LogP contribution in [0.4, 0.5) is 0 Å². The normalized spacial score (nSPS) is 18.0. The molecule has 11 heavy (non-hydrogen) atoms. The van der Waals surface area contributed by atoms with Gasteiger partial charge in [-0.15, -0.1) is 11.7 Å². The van der Waals surface area contributed by atoms with Gasteiger partial charge >= 0.3 is 0 Å². The van der Waals surface area contributed by atoms with Crippen molar-refractivity contribution in [2.75, 3.05) is 0 Å². The van der Waals surface area contributed by atoms with Crippen LogP contribution in [-0.4, -0.2) is 4.75 Å². The third-order valence-corrected chi connectivity index (χ3v) is 4.07. The minimum absolute atomic E-state index is 0.349. The van der Waals surface area contributed by atoms with Gasteiger partial charge in [-0.1, -0.05) is 38.5 Å². The first-order chi connectivity index (χ1) is 4.83. The van der Waals surface area contributed by atoms with Gasteiger partial charge < -0.3 is 0 Å². The molecule has 0 aromatic rings. The lowest BCUT2D eigenvalue weighted by molar-refractivity contribution is 0.325. The Balaban J connectivity index is 4.08. The van der Waals surface area contributed by atoms with Crippen LogP contribution in [0.3, 0.4) is 0 Å². The lowest BCUT2D eigenvalue weighted by atomic mass is 9.84. The second kappa shape index (κ2) is 4.08. The molecule has 0 rings (SSSR count). The second-order valence-corrected chi connectivity index (χ2v) is 6.35. The fourth-order valence-corrected chi connectivity index (χ4v) is 2.55. The van der Waals surface area contributed by atoms with E-state index in [1.54, 1.807) is 10.8 Å². The first-order valence-electron chi connectivity index (χ1n) is 4.15. The molecule has 0 radical (unpaired) electrons. The Hall–Kier alpha value is 0.700. The zero-order valence-electron chi connectivity index (χ0n) is 8.27. The highest BCUT2D eigenvalue weighted by molar-refractivity contribution is 8.69. The van der Waals surface area contributed by atoms with Crippen molar-refractivity contribution < 1.29 is 0 Å². The van der Waals surface area contributed by atoms with Crippen LogP contribution < -0.4 is 0 Å². The molecule has 0 aromatic carbocycles. The minimum atomic E-state index is 0.349. The second-order valence-electron chi connectivity index (χ2n) is 4.63. The van der Waals surface area contributed by atoms with Crippen molar-refractivity contribution >= 4 is 22.5 Å². The molecule has 0 aromatic heterocycles. The molecule has 0 amide bonds. The molecule has 0 aliphatic carbocycles. The third kappa shape index (κ3) is 5.02. The lowest BCUT2D eigenvalue weighted by Crippen LogP contribution is -2.24. The first kappa shape index (κ1) is 11.7. The van der Waals surface area contributed by atoms with Gasteiger partial charge in [0.2, 0.25) is 0 Å². The van der Waals surface area contributed by atoms with E-state index < -0.39 is 0 Å². The summed E-state index contributed by atoms with van der Waals surface area (Å²) < 4.78 is 0.349. The van der Waals surface area contributed by atoms with Crippen LogP contribution in [0.2, 0.25) is 0 Å². The Kier molecular flexibility index (Phi) is 4.34. The summed E-state index contributed by atoms with van der Waals surface area (Å²) in [5, 5.41) is 0. The molecule has 2 heteroatoms. The largest absolute Gasteiger partial charge is 0.111 e. The van der Waals surface area contributed by atoms with Crippen LogP contribution in [0.1, 0.15) is 47.5 Å². The predicted octanol–water partition coefficient (Wildman–Crippen LogP) is 4.17. The summed E-state index contributed by atoms with van der Waals surface area (Å²) >= 11 is 4.31. The molecule has 68 valence electrons. The van der Waals surface area contributed by atoms with Crippen molar-refractivity contribution in [1.82, 2.24) is 0 Å². The minimum Gasteiger partial charge on any atom is -0.111 e. The maximum Gasteiger partial charge on any atom is 0.0235 e. The molecular formula is C9H20S2. The average Bonchev–Trinajstić information content (AvgIpc) is 1.84. The maximum atomic E-state index is 4.31. The van der Waals surface area contributed by atoms with Gasteiger partial charge in [0.1, 0.15) is 0 Å². The summed E-state index contributed by atoms with van der Waals surface area (Å²) in [5.74, 6) is 0. The summed E-state index contributed by atoms with van der Waals surface area (Å²) in [6.07, 6.45) is 2.42. The lowest BCUT2D eigenvalue weighted by Gasteiger charge is -2.32. The summed E-state index contributed by atoms with van der Waals surface area (Å²) in [5.41, 5.74) is 0.417. The van der Waals surface area contributed by atoms with Crippen LogP contribution in [0, 0.1) is 5.41 Å². The molecule has 0 aliphatic heterocycles. The molecule has 1 atom stereocenters. The van der Waals surface area contributed by atoms with Crippen LogP contribution in [0.25, 0.3) is 0 Å². The summed E-state index contributed by atoms with van der Waals surface area (Å²) in [4.78, 5) is 0. The van der Waals surface area contributed by atoms with Gasteiger partial charge in [0, 0.05) is 4.75 Å². The van der Waals surface area contributed by atoms with Crippen molar-refractivity contribution in [3.63, 3.8) is 0 Å². The van der Waals surface area contributed by atoms with E-state index in [0.717, 1.165) is 0 Å². The maximum absolute atomic E-state index is 4.31. The number of hydrogen-bond acceptors (Lipinski definition) is 2. The Morgan fingerprint density at radius 2 is 1.64 bits per heavy atom. The molecule has 0 N–H and O–H groups in total. The topological polar surface area (TPSA) is 0 Å². The van der Waals surface area contributed by atoms with Crippen molar-refractivity contribution in [2.24, 2.45) is 5.41 Å². The molecule has 0 saturated heterocycles. The van der Waals surface area contributed by atoms with Crippen LogP contribution in [-0.2, 0) is 0 Å². The number of rotatable bonds is 3. The van der Waals surface area contributed by atoms with E-state index in [-0.39, 0.29) is 0 Å². The first-order valence-corrected chi connectivity index (χ1v) is 6.02. The Labute approximate surface area is 80.3 Å². The standard InChI is InChI=1S/C9H20S2/c1-6-9(5,11-10)7-8(2,3)4/h10H,6-7H2,1-5H3. The van der Waals surface area contributed by atoms with E-state index in [0.29, 0.717) is 10.2 Å². The summed E-state index contributed by atoms with van der Waals surface area (Å²) in [6.45, 7) is 11.4. The van der Waals surface area contributed by atoms with E-state index in [2.05, 4.69) is 46.3 Å². The highest BCUT2D eigenvalue weighted by Gasteiger charge is 2.27. The van der Waals surface area contributed by atoms with Crippen molar-refractivity contribution in [2.45, 2.75) is 52.2 Å². The van der Waals surface area contributed by atoms with E-state index >= 15 is 0 Å².